The van der Waals surface area contributed by atoms with Crippen molar-refractivity contribution in [3.63, 3.8) is 0 Å². The number of rotatable bonds is 1. The van der Waals surface area contributed by atoms with Crippen molar-refractivity contribution in [1.82, 2.24) is 4.72 Å². The molecule has 216 valence electrons. The predicted molar refractivity (Wildman–Crippen MR) is 158 cm³/mol. The molecule has 2 aromatic carbocycles. The molecular weight excluding hydrogens is 548 g/mol. The quantitative estimate of drug-likeness (QED) is 0.420. The number of aryl methyl sites for hydroxylation is 1. The molecule has 9 heteroatoms. The van der Waals surface area contributed by atoms with Crippen LogP contribution in [0.4, 0.5) is 5.69 Å². The van der Waals surface area contributed by atoms with E-state index in [9.17, 15) is 18.3 Å². The highest BCUT2D eigenvalue weighted by Gasteiger charge is 2.33. The topological polar surface area (TPSA) is 95.9 Å². The number of allylic oxidation sites excluding steroid dienone is 1. The molecule has 1 amide bonds. The Balaban J connectivity index is 1.53. The maximum atomic E-state index is 13.3. The molecule has 2 bridgehead atoms. The van der Waals surface area contributed by atoms with Crippen LogP contribution in [0.3, 0.4) is 0 Å². The maximum absolute atomic E-state index is 13.3. The number of nitrogens with one attached hydrogen (secondary N) is 1. The SMILES string of the molecule is CC[C@@H]1CC[C@@H](O)/C=C/[C@@H]2CC[C@H]2CN2CCCCc3cc(Cl)ccc3COc3ccc(cc32)C(=O)NS1(=O)=O. The van der Waals surface area contributed by atoms with Crippen molar-refractivity contribution in [2.24, 2.45) is 11.8 Å². The average Bonchev–Trinajstić information content (AvgIpc) is 2.93. The Hall–Kier alpha value is -2.55. The number of fused-ring (bicyclic) bond motifs is 3. The van der Waals surface area contributed by atoms with E-state index >= 15 is 0 Å². The number of anilines is 1. The lowest BCUT2D eigenvalue weighted by Crippen LogP contribution is -2.40. The van der Waals surface area contributed by atoms with E-state index in [1.807, 2.05) is 24.3 Å². The number of aliphatic hydroxyl groups excluding tert-OH is 1. The smallest absolute Gasteiger partial charge is 0.264 e. The zero-order valence-electron chi connectivity index (χ0n) is 23.0. The molecule has 40 heavy (non-hydrogen) atoms. The zero-order chi connectivity index (χ0) is 28.3. The molecule has 5 rings (SSSR count). The Bertz CT molecular complexity index is 1360. The summed E-state index contributed by atoms with van der Waals surface area (Å²) in [5.74, 6) is 0.793. The molecule has 1 saturated carbocycles. The second kappa shape index (κ2) is 12.5. The lowest BCUT2D eigenvalue weighted by Gasteiger charge is -2.40. The van der Waals surface area contributed by atoms with Crippen molar-refractivity contribution in [3.05, 3.63) is 70.3 Å². The molecule has 4 atom stereocenters. The van der Waals surface area contributed by atoms with Crippen molar-refractivity contribution < 1.29 is 23.1 Å². The van der Waals surface area contributed by atoms with Gasteiger partial charge in [-0.1, -0.05) is 36.7 Å². The molecule has 1 fully saturated rings. The largest absolute Gasteiger partial charge is 0.487 e. The monoisotopic (exact) mass is 586 g/mol. The molecule has 2 heterocycles. The lowest BCUT2D eigenvalue weighted by atomic mass is 9.73. The predicted octanol–water partition coefficient (Wildman–Crippen LogP) is 5.64. The summed E-state index contributed by atoms with van der Waals surface area (Å²) in [4.78, 5) is 15.6. The summed E-state index contributed by atoms with van der Waals surface area (Å²) in [7, 11) is -3.92. The van der Waals surface area contributed by atoms with E-state index in [1.165, 1.54) is 5.56 Å². The van der Waals surface area contributed by atoms with Gasteiger partial charge >= 0.3 is 0 Å². The van der Waals surface area contributed by atoms with Gasteiger partial charge in [0.1, 0.15) is 12.4 Å². The third kappa shape index (κ3) is 6.67. The molecule has 0 spiro atoms. The van der Waals surface area contributed by atoms with E-state index in [0.717, 1.165) is 56.4 Å². The minimum absolute atomic E-state index is 0.275. The fourth-order valence-electron chi connectivity index (χ4n) is 6.01. The first-order valence-corrected chi connectivity index (χ1v) is 16.4. The zero-order valence-corrected chi connectivity index (χ0v) is 24.6. The third-order valence-corrected chi connectivity index (χ3v) is 10.8. The minimum Gasteiger partial charge on any atom is -0.487 e. The van der Waals surface area contributed by atoms with Crippen molar-refractivity contribution in [2.75, 3.05) is 18.0 Å². The molecule has 0 aromatic heterocycles. The summed E-state index contributed by atoms with van der Waals surface area (Å²) in [5.41, 5.74) is 3.35. The summed E-state index contributed by atoms with van der Waals surface area (Å²) in [6.07, 6.45) is 9.17. The number of carbonyl (C=O) groups is 1. The molecule has 0 unspecified atom stereocenters. The fourth-order valence-corrected chi connectivity index (χ4v) is 7.63. The van der Waals surface area contributed by atoms with E-state index < -0.39 is 27.3 Å². The molecule has 2 N–H and O–H groups in total. The minimum atomic E-state index is -3.92. The van der Waals surface area contributed by atoms with E-state index in [0.29, 0.717) is 42.1 Å². The van der Waals surface area contributed by atoms with Crippen molar-refractivity contribution in [2.45, 2.75) is 76.3 Å². The number of aliphatic hydroxyl groups is 1. The average molecular weight is 587 g/mol. The first kappa shape index (κ1) is 29.0. The van der Waals surface area contributed by atoms with Gasteiger partial charge < -0.3 is 14.7 Å². The first-order chi connectivity index (χ1) is 19.2. The van der Waals surface area contributed by atoms with Gasteiger partial charge in [0.2, 0.25) is 10.0 Å². The molecule has 0 radical (unpaired) electrons. The molecular formula is C31H39ClN2O5S. The summed E-state index contributed by atoms with van der Waals surface area (Å²) >= 11 is 6.29. The van der Waals surface area contributed by atoms with Gasteiger partial charge in [0.15, 0.2) is 0 Å². The highest BCUT2D eigenvalue weighted by Crippen LogP contribution is 2.40. The number of hydrogen-bond donors (Lipinski definition) is 2. The number of hydrogen-bond acceptors (Lipinski definition) is 6. The molecule has 0 saturated heterocycles. The van der Waals surface area contributed by atoms with Gasteiger partial charge in [-0.25, -0.2) is 13.1 Å². The molecule has 3 aliphatic rings. The van der Waals surface area contributed by atoms with Crippen LogP contribution in [0.25, 0.3) is 0 Å². The fraction of sp³-hybridized carbons (Fsp3) is 0.516. The number of sulfonamides is 1. The van der Waals surface area contributed by atoms with Crippen LogP contribution in [0.15, 0.2) is 48.6 Å². The van der Waals surface area contributed by atoms with Gasteiger partial charge in [-0.05, 0) is 105 Å². The lowest BCUT2D eigenvalue weighted by molar-refractivity contribution is 0.0981. The van der Waals surface area contributed by atoms with Crippen LogP contribution in [0, 0.1) is 11.8 Å². The Morgan fingerprint density at radius 3 is 2.67 bits per heavy atom. The number of carbonyl (C=O) groups excluding carboxylic acids is 1. The van der Waals surface area contributed by atoms with E-state index in [1.54, 1.807) is 25.1 Å². The molecule has 7 nitrogen and oxygen atoms in total. The van der Waals surface area contributed by atoms with Crippen molar-refractivity contribution in [1.29, 1.82) is 0 Å². The van der Waals surface area contributed by atoms with Crippen molar-refractivity contribution >= 4 is 33.2 Å². The first-order valence-electron chi connectivity index (χ1n) is 14.4. The summed E-state index contributed by atoms with van der Waals surface area (Å²) in [6.45, 7) is 3.73. The number of ether oxygens (including phenoxy) is 1. The van der Waals surface area contributed by atoms with Crippen LogP contribution >= 0.6 is 11.6 Å². The van der Waals surface area contributed by atoms with Gasteiger partial charge in [0.05, 0.1) is 17.0 Å². The van der Waals surface area contributed by atoms with Crippen LogP contribution in [-0.2, 0) is 23.1 Å². The van der Waals surface area contributed by atoms with Crippen LogP contribution in [-0.4, -0.2) is 43.9 Å². The number of benzene rings is 2. The van der Waals surface area contributed by atoms with Gasteiger partial charge in [-0.3, -0.25) is 4.79 Å². The third-order valence-electron chi connectivity index (χ3n) is 8.66. The van der Waals surface area contributed by atoms with E-state index in [-0.39, 0.29) is 12.0 Å². The van der Waals surface area contributed by atoms with Crippen molar-refractivity contribution in [3.8, 4) is 5.75 Å². The maximum Gasteiger partial charge on any atom is 0.264 e. The van der Waals surface area contributed by atoms with Gasteiger partial charge in [-0.2, -0.15) is 0 Å². The summed E-state index contributed by atoms with van der Waals surface area (Å²) in [6, 6.07) is 11.1. The Kier molecular flexibility index (Phi) is 9.08. The second-order valence-electron chi connectivity index (χ2n) is 11.3. The molecule has 2 aromatic rings. The Morgan fingerprint density at radius 2 is 1.90 bits per heavy atom. The summed E-state index contributed by atoms with van der Waals surface area (Å²) < 4.78 is 34.9. The van der Waals surface area contributed by atoms with Crippen LogP contribution in [0.5, 0.6) is 5.75 Å². The summed E-state index contributed by atoms with van der Waals surface area (Å²) in [5, 5.41) is 10.5. The van der Waals surface area contributed by atoms with E-state index in [2.05, 4.69) is 15.7 Å². The number of halogens is 1. The highest BCUT2D eigenvalue weighted by atomic mass is 35.5. The van der Waals surface area contributed by atoms with Crippen LogP contribution in [0.2, 0.25) is 5.02 Å². The van der Waals surface area contributed by atoms with Crippen LogP contribution < -0.4 is 14.4 Å². The molecule has 2 aliphatic heterocycles. The van der Waals surface area contributed by atoms with Gasteiger partial charge in [0.25, 0.3) is 5.91 Å². The highest BCUT2D eigenvalue weighted by molar-refractivity contribution is 7.90. The molecule has 1 aliphatic carbocycles. The normalized spacial score (nSPS) is 28.0. The number of amides is 1. The van der Waals surface area contributed by atoms with Gasteiger partial charge in [-0.15, -0.1) is 0 Å². The Morgan fingerprint density at radius 1 is 1.05 bits per heavy atom. The van der Waals surface area contributed by atoms with E-state index in [4.69, 9.17) is 16.3 Å². The number of nitrogens with zero attached hydrogens (tertiary/aromatic N) is 1. The Labute approximate surface area is 242 Å². The standard InChI is InChI=1S/C31H39ClN2O5S/c1-2-28-14-13-27(35)12-9-21-6-7-24(21)19-34-16-4-3-5-22-17-26(32)11-8-25(22)20-39-30-15-10-23(18-29(30)34)31(36)33-40(28,37)38/h8-12,15,17-18,21,24,27-28,35H,2-7,13-14,16,19-20H2,1H3,(H,33,36)/b12-9+/t21-,24-,27-,28+/m0/s1. The van der Waals surface area contributed by atoms with Gasteiger partial charge in [0, 0.05) is 23.7 Å². The second-order valence-corrected chi connectivity index (χ2v) is 13.7. The van der Waals surface area contributed by atoms with Crippen LogP contribution in [0.1, 0.15) is 73.4 Å².